The molecule has 2 aliphatic rings. The molecule has 0 atom stereocenters. The van der Waals surface area contributed by atoms with E-state index in [9.17, 15) is 13.2 Å². The Kier molecular flexibility index (Phi) is 2.10. The second kappa shape index (κ2) is 2.95. The van der Waals surface area contributed by atoms with Gasteiger partial charge in [-0.1, -0.05) is 12.8 Å². The summed E-state index contributed by atoms with van der Waals surface area (Å²) >= 11 is 0. The molecule has 5 heteroatoms. The maximum Gasteiger partial charge on any atom is 0.325 e. The number of sulfone groups is 1. The van der Waals surface area contributed by atoms with Gasteiger partial charge < -0.3 is 5.11 Å². The Bertz CT molecular complexity index is 347. The second-order valence-electron chi connectivity index (χ2n) is 4.25. The third-order valence-corrected chi connectivity index (χ3v) is 6.40. The van der Waals surface area contributed by atoms with Gasteiger partial charge in [-0.15, -0.1) is 0 Å². The molecule has 0 saturated heterocycles. The lowest BCUT2D eigenvalue weighted by Gasteiger charge is -2.16. The summed E-state index contributed by atoms with van der Waals surface area (Å²) in [5, 5.41) is 8.53. The highest BCUT2D eigenvalue weighted by atomic mass is 32.2. The number of carbonyl (C=O) groups is 1. The first-order valence-electron chi connectivity index (χ1n) is 4.97. The minimum Gasteiger partial charge on any atom is -0.480 e. The van der Waals surface area contributed by atoms with Crippen molar-refractivity contribution in [2.75, 3.05) is 0 Å². The zero-order valence-corrected chi connectivity index (χ0v) is 8.72. The van der Waals surface area contributed by atoms with Crippen LogP contribution in [0.3, 0.4) is 0 Å². The van der Waals surface area contributed by atoms with Crippen LogP contribution in [0, 0.1) is 0 Å². The number of rotatable bonds is 3. The molecule has 2 rings (SSSR count). The molecule has 1 N–H and O–H groups in total. The minimum absolute atomic E-state index is 0.307. The van der Waals surface area contributed by atoms with Crippen molar-refractivity contribution in [1.82, 2.24) is 0 Å². The second-order valence-corrected chi connectivity index (χ2v) is 6.79. The number of carboxylic acid groups (broad SMARTS) is 1. The number of carboxylic acids is 1. The van der Waals surface area contributed by atoms with Crippen LogP contribution in [0.2, 0.25) is 0 Å². The van der Waals surface area contributed by atoms with Gasteiger partial charge in [-0.25, -0.2) is 8.42 Å². The molecule has 0 aromatic carbocycles. The van der Waals surface area contributed by atoms with Crippen LogP contribution in [0.25, 0.3) is 0 Å². The number of hydrogen-bond donors (Lipinski definition) is 1. The normalized spacial score (nSPS) is 26.3. The molecule has 0 unspecified atom stereocenters. The van der Waals surface area contributed by atoms with E-state index in [4.69, 9.17) is 5.11 Å². The zero-order valence-electron chi connectivity index (χ0n) is 7.90. The van der Waals surface area contributed by atoms with Gasteiger partial charge in [0.15, 0.2) is 14.6 Å². The van der Waals surface area contributed by atoms with Crippen LogP contribution in [-0.2, 0) is 14.6 Å². The lowest BCUT2D eigenvalue weighted by Crippen LogP contribution is -2.38. The molecule has 0 heterocycles. The van der Waals surface area contributed by atoms with Gasteiger partial charge in [0.05, 0.1) is 5.25 Å². The molecule has 0 spiro atoms. The van der Waals surface area contributed by atoms with Gasteiger partial charge in [-0.2, -0.15) is 0 Å². The van der Waals surface area contributed by atoms with Crippen molar-refractivity contribution in [2.45, 2.75) is 48.5 Å². The van der Waals surface area contributed by atoms with E-state index < -0.39 is 20.6 Å². The Labute approximate surface area is 83.2 Å². The summed E-state index contributed by atoms with van der Waals surface area (Å²) in [6.45, 7) is 0. The summed E-state index contributed by atoms with van der Waals surface area (Å²) in [5.41, 5.74) is 0. The Morgan fingerprint density at radius 3 is 2.07 bits per heavy atom. The van der Waals surface area contributed by atoms with Gasteiger partial charge >= 0.3 is 5.97 Å². The number of hydrogen-bond acceptors (Lipinski definition) is 3. The maximum absolute atomic E-state index is 12.0. The molecule has 0 amide bonds. The summed E-state index contributed by atoms with van der Waals surface area (Å²) in [7, 11) is -3.43. The van der Waals surface area contributed by atoms with Crippen LogP contribution in [0.5, 0.6) is 0 Å². The molecular formula is C9H14O4S. The summed E-state index contributed by atoms with van der Waals surface area (Å²) in [6, 6.07) is 0. The van der Waals surface area contributed by atoms with Crippen LogP contribution < -0.4 is 0 Å². The van der Waals surface area contributed by atoms with Crippen molar-refractivity contribution in [3.05, 3.63) is 0 Å². The highest BCUT2D eigenvalue weighted by Gasteiger charge is 2.63. The van der Waals surface area contributed by atoms with Crippen molar-refractivity contribution in [3.63, 3.8) is 0 Å². The van der Waals surface area contributed by atoms with Gasteiger partial charge in [0.25, 0.3) is 0 Å². The monoisotopic (exact) mass is 218 g/mol. The van der Waals surface area contributed by atoms with E-state index in [1.807, 2.05) is 0 Å². The average molecular weight is 218 g/mol. The average Bonchev–Trinajstić information content (AvgIpc) is 2.75. The Morgan fingerprint density at radius 2 is 1.71 bits per heavy atom. The van der Waals surface area contributed by atoms with Crippen LogP contribution in [0.4, 0.5) is 0 Å². The van der Waals surface area contributed by atoms with Gasteiger partial charge in [-0.05, 0) is 25.7 Å². The van der Waals surface area contributed by atoms with E-state index >= 15 is 0 Å². The fourth-order valence-corrected chi connectivity index (χ4v) is 4.76. The van der Waals surface area contributed by atoms with Crippen LogP contribution in [0.1, 0.15) is 38.5 Å². The van der Waals surface area contributed by atoms with Crippen molar-refractivity contribution in [2.24, 2.45) is 0 Å². The SMILES string of the molecule is O=C(O)C1(S(=O)(=O)C2CCCC2)CC1. The molecule has 0 bridgehead atoms. The molecule has 0 aliphatic heterocycles. The first-order chi connectivity index (χ1) is 6.51. The Balaban J connectivity index is 2.28. The topological polar surface area (TPSA) is 71.4 Å². The molecule has 0 aromatic rings. The summed E-state index contributed by atoms with van der Waals surface area (Å²) in [4.78, 5) is 10.9. The summed E-state index contributed by atoms with van der Waals surface area (Å²) in [6.07, 6.45) is 3.75. The van der Waals surface area contributed by atoms with Crippen LogP contribution >= 0.6 is 0 Å². The van der Waals surface area contributed by atoms with E-state index in [2.05, 4.69) is 0 Å². The molecule has 80 valence electrons. The third-order valence-electron chi connectivity index (χ3n) is 3.38. The fraction of sp³-hybridized carbons (Fsp3) is 0.889. The molecule has 2 saturated carbocycles. The Morgan fingerprint density at radius 1 is 1.21 bits per heavy atom. The molecule has 0 aromatic heterocycles. The van der Waals surface area contributed by atoms with Crippen molar-refractivity contribution >= 4 is 15.8 Å². The zero-order chi connectivity index (χ0) is 10.4. The fourth-order valence-electron chi connectivity index (χ4n) is 2.25. The van der Waals surface area contributed by atoms with Crippen molar-refractivity contribution in [3.8, 4) is 0 Å². The van der Waals surface area contributed by atoms with E-state index in [1.54, 1.807) is 0 Å². The third kappa shape index (κ3) is 1.18. The molecule has 2 fully saturated rings. The van der Waals surface area contributed by atoms with E-state index in [0.717, 1.165) is 12.8 Å². The van der Waals surface area contributed by atoms with E-state index in [1.165, 1.54) is 0 Å². The summed E-state index contributed by atoms with van der Waals surface area (Å²) in [5.74, 6) is -1.15. The largest absolute Gasteiger partial charge is 0.480 e. The predicted octanol–water partition coefficient (Wildman–Crippen LogP) is 0.961. The molecule has 0 radical (unpaired) electrons. The smallest absolute Gasteiger partial charge is 0.325 e. The molecule has 4 nitrogen and oxygen atoms in total. The molecule has 14 heavy (non-hydrogen) atoms. The van der Waals surface area contributed by atoms with Crippen molar-refractivity contribution < 1.29 is 18.3 Å². The quantitative estimate of drug-likeness (QED) is 0.766. The lowest BCUT2D eigenvalue weighted by molar-refractivity contribution is -0.137. The minimum atomic E-state index is -3.43. The van der Waals surface area contributed by atoms with Gasteiger partial charge in [0, 0.05) is 0 Å². The first-order valence-corrected chi connectivity index (χ1v) is 6.52. The number of aliphatic carboxylic acids is 1. The summed E-state index contributed by atoms with van der Waals surface area (Å²) < 4.78 is 22.6. The van der Waals surface area contributed by atoms with Gasteiger partial charge in [-0.3, -0.25) is 4.79 Å². The highest BCUT2D eigenvalue weighted by Crippen LogP contribution is 2.48. The van der Waals surface area contributed by atoms with Crippen LogP contribution in [-0.4, -0.2) is 29.5 Å². The molecule has 2 aliphatic carbocycles. The lowest BCUT2D eigenvalue weighted by atomic mass is 10.4. The van der Waals surface area contributed by atoms with E-state index in [0.29, 0.717) is 25.7 Å². The predicted molar refractivity (Wildman–Crippen MR) is 50.8 cm³/mol. The molecular weight excluding hydrogens is 204 g/mol. The maximum atomic E-state index is 12.0. The standard InChI is InChI=1S/C9H14O4S/c10-8(11)9(5-6-9)14(12,13)7-3-1-2-4-7/h7H,1-6H2,(H,10,11). The Hall–Kier alpha value is -0.580. The highest BCUT2D eigenvalue weighted by molar-refractivity contribution is 7.94. The van der Waals surface area contributed by atoms with Gasteiger partial charge in [0.2, 0.25) is 0 Å². The van der Waals surface area contributed by atoms with E-state index in [-0.39, 0.29) is 5.25 Å². The van der Waals surface area contributed by atoms with Crippen LogP contribution in [0.15, 0.2) is 0 Å². The first kappa shape index (κ1) is 9.96. The van der Waals surface area contributed by atoms with Crippen molar-refractivity contribution in [1.29, 1.82) is 0 Å². The van der Waals surface area contributed by atoms with Gasteiger partial charge in [0.1, 0.15) is 0 Å².